The largest absolute Gasteiger partial charge is 0.395 e. The topological polar surface area (TPSA) is 57.6 Å². The summed E-state index contributed by atoms with van der Waals surface area (Å²) in [7, 11) is 1.69. The van der Waals surface area contributed by atoms with Crippen molar-refractivity contribution in [2.75, 3.05) is 44.9 Å². The summed E-state index contributed by atoms with van der Waals surface area (Å²) in [5, 5.41) is 12.2. The van der Waals surface area contributed by atoms with Gasteiger partial charge in [0.2, 0.25) is 0 Å². The standard InChI is InChI=1S/C13H23N3O2/c1-3-16(7-8-17)13-5-4-12(11-15-13)10-14-6-9-18-2/h4-5,11,14,17H,3,6-10H2,1-2H3. The summed E-state index contributed by atoms with van der Waals surface area (Å²) in [5.41, 5.74) is 1.15. The molecule has 1 rings (SSSR count). The van der Waals surface area contributed by atoms with E-state index in [2.05, 4.69) is 23.3 Å². The van der Waals surface area contributed by atoms with E-state index in [9.17, 15) is 0 Å². The van der Waals surface area contributed by atoms with Gasteiger partial charge in [-0.2, -0.15) is 0 Å². The summed E-state index contributed by atoms with van der Waals surface area (Å²) in [6, 6.07) is 4.05. The molecule has 0 radical (unpaired) electrons. The van der Waals surface area contributed by atoms with E-state index in [0.717, 1.165) is 31.0 Å². The van der Waals surface area contributed by atoms with Gasteiger partial charge in [-0.1, -0.05) is 6.07 Å². The molecule has 5 nitrogen and oxygen atoms in total. The van der Waals surface area contributed by atoms with Gasteiger partial charge < -0.3 is 20.1 Å². The fourth-order valence-electron chi connectivity index (χ4n) is 1.67. The fourth-order valence-corrected chi connectivity index (χ4v) is 1.67. The predicted octanol–water partition coefficient (Wildman–Crippen LogP) is 0.636. The zero-order chi connectivity index (χ0) is 13.2. The highest BCUT2D eigenvalue weighted by molar-refractivity contribution is 5.39. The molecular weight excluding hydrogens is 230 g/mol. The molecule has 0 unspecified atom stereocenters. The summed E-state index contributed by atoms with van der Waals surface area (Å²) >= 11 is 0. The summed E-state index contributed by atoms with van der Waals surface area (Å²) in [6.07, 6.45) is 1.87. The zero-order valence-electron chi connectivity index (χ0n) is 11.2. The molecule has 0 spiro atoms. The molecule has 1 heterocycles. The molecule has 0 aromatic carbocycles. The van der Waals surface area contributed by atoms with Crippen molar-refractivity contribution in [2.45, 2.75) is 13.5 Å². The Labute approximate surface area is 109 Å². The first-order chi connectivity index (χ1) is 8.81. The number of ether oxygens (including phenoxy) is 1. The number of nitrogens with one attached hydrogen (secondary N) is 1. The summed E-state index contributed by atoms with van der Waals surface area (Å²) in [4.78, 5) is 6.45. The van der Waals surface area contributed by atoms with Crippen molar-refractivity contribution < 1.29 is 9.84 Å². The van der Waals surface area contributed by atoms with Crippen LogP contribution in [-0.2, 0) is 11.3 Å². The van der Waals surface area contributed by atoms with Crippen molar-refractivity contribution in [1.29, 1.82) is 0 Å². The Morgan fingerprint density at radius 3 is 2.83 bits per heavy atom. The third-order valence-electron chi connectivity index (χ3n) is 2.70. The van der Waals surface area contributed by atoms with Crippen LogP contribution >= 0.6 is 0 Å². The third kappa shape index (κ3) is 5.00. The van der Waals surface area contributed by atoms with Crippen molar-refractivity contribution in [3.05, 3.63) is 23.9 Å². The minimum Gasteiger partial charge on any atom is -0.395 e. The minimum atomic E-state index is 0.149. The molecule has 0 aliphatic rings. The first kappa shape index (κ1) is 14.9. The van der Waals surface area contributed by atoms with Gasteiger partial charge in [-0.25, -0.2) is 4.98 Å². The Balaban J connectivity index is 2.45. The molecule has 1 aromatic heterocycles. The van der Waals surface area contributed by atoms with Gasteiger partial charge in [0.15, 0.2) is 0 Å². The number of pyridine rings is 1. The van der Waals surface area contributed by atoms with Gasteiger partial charge in [-0.15, -0.1) is 0 Å². The van der Waals surface area contributed by atoms with Crippen LogP contribution in [0.5, 0.6) is 0 Å². The van der Waals surface area contributed by atoms with E-state index < -0.39 is 0 Å². The number of hydrogen-bond donors (Lipinski definition) is 2. The lowest BCUT2D eigenvalue weighted by Crippen LogP contribution is -2.27. The first-order valence-electron chi connectivity index (χ1n) is 6.32. The van der Waals surface area contributed by atoms with Gasteiger partial charge in [0.05, 0.1) is 13.2 Å². The SMILES string of the molecule is CCN(CCO)c1ccc(CNCCOC)cn1. The Morgan fingerprint density at radius 1 is 1.44 bits per heavy atom. The molecule has 18 heavy (non-hydrogen) atoms. The fraction of sp³-hybridized carbons (Fsp3) is 0.615. The third-order valence-corrected chi connectivity index (χ3v) is 2.70. The molecule has 0 amide bonds. The number of anilines is 1. The lowest BCUT2D eigenvalue weighted by molar-refractivity contribution is 0.199. The molecule has 0 bridgehead atoms. The highest BCUT2D eigenvalue weighted by atomic mass is 16.5. The van der Waals surface area contributed by atoms with E-state index in [1.54, 1.807) is 7.11 Å². The van der Waals surface area contributed by atoms with Crippen LogP contribution in [0.1, 0.15) is 12.5 Å². The van der Waals surface area contributed by atoms with Gasteiger partial charge in [-0.05, 0) is 18.6 Å². The Kier molecular flexibility index (Phi) is 7.32. The van der Waals surface area contributed by atoms with Crippen molar-refractivity contribution in [3.8, 4) is 0 Å². The smallest absolute Gasteiger partial charge is 0.128 e. The number of likely N-dealkylation sites (N-methyl/N-ethyl adjacent to an activating group) is 1. The Hall–Kier alpha value is -1.17. The molecular formula is C13H23N3O2. The number of aromatic nitrogens is 1. The molecule has 0 aliphatic carbocycles. The molecule has 2 N–H and O–H groups in total. The number of nitrogens with zero attached hydrogens (tertiary/aromatic N) is 2. The molecule has 0 saturated carbocycles. The molecule has 102 valence electrons. The second kappa shape index (κ2) is 8.85. The van der Waals surface area contributed by atoms with Crippen molar-refractivity contribution in [1.82, 2.24) is 10.3 Å². The number of methoxy groups -OCH3 is 1. The van der Waals surface area contributed by atoms with Crippen LogP contribution in [-0.4, -0.2) is 50.0 Å². The summed E-state index contributed by atoms with van der Waals surface area (Å²) in [5.74, 6) is 0.909. The van der Waals surface area contributed by atoms with Crippen LogP contribution in [0.3, 0.4) is 0 Å². The number of hydrogen-bond acceptors (Lipinski definition) is 5. The molecule has 5 heteroatoms. The van der Waals surface area contributed by atoms with Crippen molar-refractivity contribution in [3.63, 3.8) is 0 Å². The summed E-state index contributed by atoms with van der Waals surface area (Å²) < 4.78 is 4.96. The van der Waals surface area contributed by atoms with Crippen LogP contribution in [0.15, 0.2) is 18.3 Å². The van der Waals surface area contributed by atoms with Crippen molar-refractivity contribution >= 4 is 5.82 Å². The van der Waals surface area contributed by atoms with Crippen LogP contribution in [0.25, 0.3) is 0 Å². The molecule has 0 aliphatic heterocycles. The van der Waals surface area contributed by atoms with Gasteiger partial charge in [0.1, 0.15) is 5.82 Å². The van der Waals surface area contributed by atoms with Crippen molar-refractivity contribution in [2.24, 2.45) is 0 Å². The second-order valence-electron chi connectivity index (χ2n) is 4.00. The van der Waals surface area contributed by atoms with E-state index in [0.29, 0.717) is 13.2 Å². The first-order valence-corrected chi connectivity index (χ1v) is 6.32. The minimum absolute atomic E-state index is 0.149. The van der Waals surface area contributed by atoms with Gasteiger partial charge in [0.25, 0.3) is 0 Å². The lowest BCUT2D eigenvalue weighted by Gasteiger charge is -2.20. The molecule has 1 aromatic rings. The van der Waals surface area contributed by atoms with E-state index >= 15 is 0 Å². The van der Waals surface area contributed by atoms with Gasteiger partial charge in [-0.3, -0.25) is 0 Å². The van der Waals surface area contributed by atoms with Gasteiger partial charge >= 0.3 is 0 Å². The average Bonchev–Trinajstić information content (AvgIpc) is 2.42. The van der Waals surface area contributed by atoms with E-state index in [-0.39, 0.29) is 6.61 Å². The maximum atomic E-state index is 8.96. The Morgan fingerprint density at radius 2 is 2.28 bits per heavy atom. The maximum absolute atomic E-state index is 8.96. The van der Waals surface area contributed by atoms with Gasteiger partial charge in [0, 0.05) is 39.5 Å². The number of rotatable bonds is 9. The lowest BCUT2D eigenvalue weighted by atomic mass is 10.2. The van der Waals surface area contributed by atoms with E-state index in [4.69, 9.17) is 9.84 Å². The Bertz CT molecular complexity index is 317. The highest BCUT2D eigenvalue weighted by Gasteiger charge is 2.04. The molecule has 0 atom stereocenters. The van der Waals surface area contributed by atoms with E-state index in [1.165, 1.54) is 0 Å². The molecule has 0 fully saturated rings. The predicted molar refractivity (Wildman–Crippen MR) is 72.8 cm³/mol. The van der Waals surface area contributed by atoms with E-state index in [1.807, 2.05) is 17.2 Å². The van der Waals surface area contributed by atoms with Crippen LogP contribution in [0, 0.1) is 0 Å². The van der Waals surface area contributed by atoms with Crippen LogP contribution in [0.2, 0.25) is 0 Å². The average molecular weight is 253 g/mol. The monoisotopic (exact) mass is 253 g/mol. The number of aliphatic hydroxyl groups is 1. The quantitative estimate of drug-likeness (QED) is 0.632. The molecule has 0 saturated heterocycles. The normalized spacial score (nSPS) is 10.6. The second-order valence-corrected chi connectivity index (χ2v) is 4.00. The zero-order valence-corrected chi connectivity index (χ0v) is 11.2. The maximum Gasteiger partial charge on any atom is 0.128 e. The van der Waals surface area contributed by atoms with Crippen LogP contribution < -0.4 is 10.2 Å². The number of aliphatic hydroxyl groups excluding tert-OH is 1. The summed E-state index contributed by atoms with van der Waals surface area (Å²) in [6.45, 7) is 6.01. The van der Waals surface area contributed by atoms with Crippen LogP contribution in [0.4, 0.5) is 5.82 Å². The highest BCUT2D eigenvalue weighted by Crippen LogP contribution is 2.10.